The second-order valence-corrected chi connectivity index (χ2v) is 9.27. The number of benzene rings is 1. The summed E-state index contributed by atoms with van der Waals surface area (Å²) in [5, 5.41) is 0. The van der Waals surface area contributed by atoms with Gasteiger partial charge in [0.15, 0.2) is 11.5 Å². The first-order valence-corrected chi connectivity index (χ1v) is 12.2. The van der Waals surface area contributed by atoms with Gasteiger partial charge in [0.25, 0.3) is 0 Å². The number of anilines is 1. The molecular formula is C26H27FN4O5. The molecule has 9 nitrogen and oxygen atoms in total. The lowest BCUT2D eigenvalue weighted by Crippen LogP contribution is -2.56. The molecule has 1 amide bonds. The number of carbonyl (C=O) groups excluding carboxylic acids is 1. The monoisotopic (exact) mass is 494 g/mol. The largest absolute Gasteiger partial charge is 0.486 e. The highest BCUT2D eigenvalue weighted by atomic mass is 19.1. The zero-order chi connectivity index (χ0) is 24.6. The third kappa shape index (κ3) is 4.26. The van der Waals surface area contributed by atoms with Crippen molar-refractivity contribution in [1.82, 2.24) is 14.9 Å². The van der Waals surface area contributed by atoms with Crippen LogP contribution in [-0.2, 0) is 11.2 Å². The Morgan fingerprint density at radius 2 is 2.00 bits per heavy atom. The van der Waals surface area contributed by atoms with Gasteiger partial charge in [0.2, 0.25) is 5.88 Å². The van der Waals surface area contributed by atoms with Crippen molar-refractivity contribution in [2.45, 2.75) is 18.9 Å². The molecule has 188 valence electrons. The smallest absolute Gasteiger partial charge is 0.414 e. The minimum absolute atomic E-state index is 0.197. The van der Waals surface area contributed by atoms with Gasteiger partial charge in [-0.2, -0.15) is 0 Å². The van der Waals surface area contributed by atoms with Gasteiger partial charge in [-0.3, -0.25) is 14.8 Å². The van der Waals surface area contributed by atoms with Crippen LogP contribution in [0.3, 0.4) is 0 Å². The topological polar surface area (TPSA) is 86.2 Å². The Bertz CT molecular complexity index is 1300. The Labute approximate surface area is 207 Å². The van der Waals surface area contributed by atoms with E-state index in [1.54, 1.807) is 17.0 Å². The van der Waals surface area contributed by atoms with Gasteiger partial charge in [0.05, 0.1) is 30.0 Å². The van der Waals surface area contributed by atoms with Crippen LogP contribution in [0.15, 0.2) is 36.5 Å². The number of carbonyl (C=O) groups is 1. The first-order chi connectivity index (χ1) is 17.6. The fourth-order valence-electron chi connectivity index (χ4n) is 5.19. The molecule has 5 heterocycles. The lowest BCUT2D eigenvalue weighted by molar-refractivity contribution is -0.00650. The maximum absolute atomic E-state index is 14.7. The van der Waals surface area contributed by atoms with Crippen molar-refractivity contribution >= 4 is 22.8 Å². The van der Waals surface area contributed by atoms with Gasteiger partial charge in [0, 0.05) is 43.2 Å². The Morgan fingerprint density at radius 3 is 2.86 bits per heavy atom. The molecule has 36 heavy (non-hydrogen) atoms. The summed E-state index contributed by atoms with van der Waals surface area (Å²) in [7, 11) is 1.53. The molecule has 2 fully saturated rings. The highest BCUT2D eigenvalue weighted by molar-refractivity contribution is 5.89. The molecule has 2 aromatic heterocycles. The van der Waals surface area contributed by atoms with Gasteiger partial charge >= 0.3 is 6.09 Å². The van der Waals surface area contributed by atoms with Crippen LogP contribution >= 0.6 is 0 Å². The van der Waals surface area contributed by atoms with Crippen molar-refractivity contribution in [2.75, 3.05) is 51.4 Å². The highest BCUT2D eigenvalue weighted by Gasteiger charge is 2.40. The van der Waals surface area contributed by atoms with Crippen LogP contribution in [0.2, 0.25) is 0 Å². The molecule has 0 N–H and O–H groups in total. The SMILES string of the molecule is COc1ccc2ncc(F)c(CCN3CC[C@@H]4CN(c5ccc6c(c5)OCCO6)C(=O)O[C@H]4C3)c2n1. The van der Waals surface area contributed by atoms with Crippen molar-refractivity contribution in [3.63, 3.8) is 0 Å². The predicted molar refractivity (Wildman–Crippen MR) is 129 cm³/mol. The number of pyridine rings is 2. The Morgan fingerprint density at radius 1 is 1.14 bits per heavy atom. The molecule has 1 aromatic carbocycles. The Balaban J connectivity index is 1.12. The second-order valence-electron chi connectivity index (χ2n) is 9.27. The molecular weight excluding hydrogens is 467 g/mol. The number of nitrogens with zero attached hydrogens (tertiary/aromatic N) is 4. The van der Waals surface area contributed by atoms with Crippen LogP contribution in [-0.4, -0.2) is 73.6 Å². The molecule has 0 unspecified atom stereocenters. The second kappa shape index (κ2) is 9.42. The summed E-state index contributed by atoms with van der Waals surface area (Å²) in [5.41, 5.74) is 2.41. The van der Waals surface area contributed by atoms with Gasteiger partial charge in [-0.1, -0.05) is 0 Å². The number of halogens is 1. The Hall–Kier alpha value is -3.66. The van der Waals surface area contributed by atoms with Gasteiger partial charge in [-0.15, -0.1) is 0 Å². The van der Waals surface area contributed by atoms with E-state index >= 15 is 0 Å². The molecule has 0 saturated carbocycles. The van der Waals surface area contributed by atoms with Gasteiger partial charge < -0.3 is 18.9 Å². The van der Waals surface area contributed by atoms with E-state index in [2.05, 4.69) is 14.9 Å². The van der Waals surface area contributed by atoms with Gasteiger partial charge in [-0.25, -0.2) is 14.2 Å². The number of rotatable bonds is 5. The van der Waals surface area contributed by atoms with Gasteiger partial charge in [-0.05, 0) is 37.6 Å². The number of hydrogen-bond acceptors (Lipinski definition) is 8. The molecule has 3 aliphatic heterocycles. The van der Waals surface area contributed by atoms with E-state index in [9.17, 15) is 9.18 Å². The van der Waals surface area contributed by atoms with Crippen LogP contribution in [0.4, 0.5) is 14.9 Å². The van der Waals surface area contributed by atoms with E-state index in [0.29, 0.717) is 73.2 Å². The third-order valence-electron chi connectivity index (χ3n) is 7.13. The number of methoxy groups -OCH3 is 1. The van der Waals surface area contributed by atoms with Crippen LogP contribution in [0, 0.1) is 11.7 Å². The van der Waals surface area contributed by atoms with Crippen LogP contribution in [0.5, 0.6) is 17.4 Å². The summed E-state index contributed by atoms with van der Waals surface area (Å²) < 4.78 is 37.0. The lowest BCUT2D eigenvalue weighted by atomic mass is 9.91. The maximum atomic E-state index is 14.7. The number of piperidine rings is 1. The van der Waals surface area contributed by atoms with Crippen molar-refractivity contribution in [3.05, 3.63) is 47.9 Å². The average Bonchev–Trinajstić information content (AvgIpc) is 2.91. The van der Waals surface area contributed by atoms with Crippen LogP contribution in [0.25, 0.3) is 11.0 Å². The normalized spacial score (nSPS) is 21.7. The molecule has 6 rings (SSSR count). The zero-order valence-electron chi connectivity index (χ0n) is 20.0. The lowest BCUT2D eigenvalue weighted by Gasteiger charge is -2.44. The highest BCUT2D eigenvalue weighted by Crippen LogP contribution is 2.37. The van der Waals surface area contributed by atoms with E-state index < -0.39 is 0 Å². The molecule has 3 aromatic rings. The fraction of sp³-hybridized carbons (Fsp3) is 0.423. The van der Waals surface area contributed by atoms with E-state index in [1.165, 1.54) is 13.3 Å². The van der Waals surface area contributed by atoms with Crippen LogP contribution < -0.4 is 19.1 Å². The number of hydrogen-bond donors (Lipinski definition) is 0. The minimum Gasteiger partial charge on any atom is -0.486 e. The molecule has 10 heteroatoms. The number of aromatic nitrogens is 2. The summed E-state index contributed by atoms with van der Waals surface area (Å²) in [6.45, 7) is 3.69. The van der Waals surface area contributed by atoms with Crippen molar-refractivity contribution in [3.8, 4) is 17.4 Å². The molecule has 0 radical (unpaired) electrons. The molecule has 2 atom stereocenters. The van der Waals surface area contributed by atoms with Crippen molar-refractivity contribution < 1.29 is 28.1 Å². The van der Waals surface area contributed by atoms with E-state index in [-0.39, 0.29) is 23.9 Å². The number of amides is 1. The summed E-state index contributed by atoms with van der Waals surface area (Å²) >= 11 is 0. The molecule has 2 saturated heterocycles. The summed E-state index contributed by atoms with van der Waals surface area (Å²) in [6.07, 6.45) is 2.03. The average molecular weight is 495 g/mol. The van der Waals surface area contributed by atoms with E-state index in [4.69, 9.17) is 18.9 Å². The Kier molecular flexibility index (Phi) is 5.96. The van der Waals surface area contributed by atoms with Crippen LogP contribution in [0.1, 0.15) is 12.0 Å². The van der Waals surface area contributed by atoms with Crippen molar-refractivity contribution in [2.24, 2.45) is 5.92 Å². The molecule has 3 aliphatic rings. The van der Waals surface area contributed by atoms with Crippen molar-refractivity contribution in [1.29, 1.82) is 0 Å². The third-order valence-corrected chi connectivity index (χ3v) is 7.13. The summed E-state index contributed by atoms with van der Waals surface area (Å²) in [4.78, 5) is 25.4. The summed E-state index contributed by atoms with van der Waals surface area (Å²) in [6, 6.07) is 9.03. The molecule has 0 spiro atoms. The zero-order valence-corrected chi connectivity index (χ0v) is 20.0. The maximum Gasteiger partial charge on any atom is 0.414 e. The number of likely N-dealkylation sites (tertiary alicyclic amines) is 1. The number of fused-ring (bicyclic) bond motifs is 3. The quantitative estimate of drug-likeness (QED) is 0.533. The fourth-order valence-corrected chi connectivity index (χ4v) is 5.19. The standard InChI is InChI=1S/C26H27FN4O5/c1-33-24-5-3-20-25(29-24)18(19(27)13-28-20)7-9-30-8-6-16-14-31(26(32)36-23(16)15-30)17-2-4-21-22(12-17)35-11-10-34-21/h2-5,12-13,16,23H,6-11,14-15H2,1H3/t16-,23+/m1/s1. The molecule has 0 aliphatic carbocycles. The first kappa shape index (κ1) is 22.8. The van der Waals surface area contributed by atoms with E-state index in [0.717, 1.165) is 18.7 Å². The molecule has 0 bridgehead atoms. The van der Waals surface area contributed by atoms with Gasteiger partial charge in [0.1, 0.15) is 25.1 Å². The predicted octanol–water partition coefficient (Wildman–Crippen LogP) is 3.44. The summed E-state index contributed by atoms with van der Waals surface area (Å²) in [5.74, 6) is 1.60. The first-order valence-electron chi connectivity index (χ1n) is 12.2. The number of ether oxygens (including phenoxy) is 4. The van der Waals surface area contributed by atoms with E-state index in [1.807, 2.05) is 18.2 Å². The minimum atomic E-state index is -0.377.